The summed E-state index contributed by atoms with van der Waals surface area (Å²) in [5.41, 5.74) is 0.931. The Kier molecular flexibility index (Phi) is 8.08. The molecule has 0 radical (unpaired) electrons. The third-order valence-electron chi connectivity index (χ3n) is 3.49. The number of benzene rings is 1. The summed E-state index contributed by atoms with van der Waals surface area (Å²) in [5, 5.41) is 16.7. The fourth-order valence-corrected chi connectivity index (χ4v) is 3.36. The van der Waals surface area contributed by atoms with Gasteiger partial charge in [0.2, 0.25) is 0 Å². The molecule has 0 bridgehead atoms. The Morgan fingerprint density at radius 1 is 1.21 bits per heavy atom. The summed E-state index contributed by atoms with van der Waals surface area (Å²) >= 11 is 7.54. The lowest BCUT2D eigenvalue weighted by Crippen LogP contribution is -2.38. The molecule has 0 aliphatic rings. The summed E-state index contributed by atoms with van der Waals surface area (Å²) in [6, 6.07) is 13.7. The molecular formula is C18H24ClN3OS. The lowest BCUT2D eigenvalue weighted by molar-refractivity contribution is 0.170. The van der Waals surface area contributed by atoms with Crippen LogP contribution in [0.1, 0.15) is 29.9 Å². The van der Waals surface area contributed by atoms with E-state index >= 15 is 0 Å². The number of rotatable bonds is 8. The van der Waals surface area contributed by atoms with Crippen LogP contribution in [-0.4, -0.2) is 30.7 Å². The van der Waals surface area contributed by atoms with Gasteiger partial charge in [0.05, 0.1) is 10.4 Å². The van der Waals surface area contributed by atoms with Crippen molar-refractivity contribution in [1.82, 2.24) is 10.6 Å². The van der Waals surface area contributed by atoms with E-state index in [4.69, 9.17) is 11.6 Å². The van der Waals surface area contributed by atoms with Gasteiger partial charge in [0, 0.05) is 24.5 Å². The van der Waals surface area contributed by atoms with Crippen molar-refractivity contribution in [2.75, 3.05) is 19.6 Å². The predicted molar refractivity (Wildman–Crippen MR) is 103 cm³/mol. The number of hydrogen-bond acceptors (Lipinski definition) is 3. The molecule has 2 aromatic rings. The molecule has 1 unspecified atom stereocenters. The number of nitrogens with zero attached hydrogens (tertiary/aromatic N) is 1. The second kappa shape index (κ2) is 10.3. The van der Waals surface area contributed by atoms with Crippen LogP contribution in [0, 0.1) is 0 Å². The van der Waals surface area contributed by atoms with Gasteiger partial charge < -0.3 is 15.7 Å². The van der Waals surface area contributed by atoms with Gasteiger partial charge in [-0.2, -0.15) is 0 Å². The summed E-state index contributed by atoms with van der Waals surface area (Å²) in [7, 11) is 0. The number of guanidine groups is 1. The summed E-state index contributed by atoms with van der Waals surface area (Å²) in [6.45, 7) is 4.20. The Morgan fingerprint density at radius 3 is 2.67 bits per heavy atom. The monoisotopic (exact) mass is 365 g/mol. The minimum Gasteiger partial charge on any atom is -0.388 e. The molecule has 0 saturated heterocycles. The molecule has 1 atom stereocenters. The molecule has 24 heavy (non-hydrogen) atoms. The van der Waals surface area contributed by atoms with Crippen molar-refractivity contribution >= 4 is 28.9 Å². The number of thiophene rings is 1. The second-order valence-electron chi connectivity index (χ2n) is 5.36. The molecule has 1 aromatic heterocycles. The standard InChI is InChI=1S/C18H24ClN3OS/c1-2-20-18(21-12-10-15-8-9-17(19)24-15)22-13-11-16(23)14-6-4-3-5-7-14/h3-9,16,23H,2,10-13H2,1H3,(H2,20,21,22). The van der Waals surface area contributed by atoms with Crippen molar-refractivity contribution in [1.29, 1.82) is 0 Å². The lowest BCUT2D eigenvalue weighted by atomic mass is 10.1. The molecule has 2 rings (SSSR count). The Hall–Kier alpha value is -1.56. The first-order chi connectivity index (χ1) is 11.7. The highest BCUT2D eigenvalue weighted by Crippen LogP contribution is 2.21. The van der Waals surface area contributed by atoms with Gasteiger partial charge in [0.1, 0.15) is 0 Å². The summed E-state index contributed by atoms with van der Waals surface area (Å²) in [5.74, 6) is 0.778. The molecule has 0 saturated carbocycles. The van der Waals surface area contributed by atoms with Crippen LogP contribution in [0.4, 0.5) is 0 Å². The molecule has 0 spiro atoms. The van der Waals surface area contributed by atoms with E-state index < -0.39 is 6.10 Å². The Labute approximate surface area is 152 Å². The van der Waals surface area contributed by atoms with E-state index in [9.17, 15) is 5.11 Å². The van der Waals surface area contributed by atoms with Crippen molar-refractivity contribution in [3.8, 4) is 0 Å². The molecule has 0 fully saturated rings. The minimum absolute atomic E-state index is 0.480. The van der Waals surface area contributed by atoms with Gasteiger partial charge in [-0.15, -0.1) is 11.3 Å². The Bertz CT molecular complexity index is 630. The molecular weight excluding hydrogens is 342 g/mol. The normalized spacial score (nSPS) is 12.9. The van der Waals surface area contributed by atoms with Gasteiger partial charge in [-0.1, -0.05) is 41.9 Å². The summed E-state index contributed by atoms with van der Waals surface area (Å²) in [6.07, 6.45) is 1.03. The Balaban J connectivity index is 1.77. The van der Waals surface area contributed by atoms with Crippen LogP contribution in [0.5, 0.6) is 0 Å². The number of aliphatic hydroxyl groups excluding tert-OH is 1. The molecule has 6 heteroatoms. The highest BCUT2D eigenvalue weighted by molar-refractivity contribution is 7.16. The van der Waals surface area contributed by atoms with Crippen LogP contribution in [0.2, 0.25) is 4.34 Å². The highest BCUT2D eigenvalue weighted by Gasteiger charge is 2.06. The number of halogens is 1. The molecule has 3 N–H and O–H groups in total. The maximum Gasteiger partial charge on any atom is 0.191 e. The number of nitrogens with one attached hydrogen (secondary N) is 2. The van der Waals surface area contributed by atoms with Gasteiger partial charge in [0.25, 0.3) is 0 Å². The first-order valence-electron chi connectivity index (χ1n) is 8.18. The fourth-order valence-electron chi connectivity index (χ4n) is 2.27. The number of aliphatic imine (C=N–C) groups is 1. The zero-order valence-corrected chi connectivity index (χ0v) is 15.4. The van der Waals surface area contributed by atoms with Gasteiger partial charge >= 0.3 is 0 Å². The van der Waals surface area contributed by atoms with Crippen molar-refractivity contribution in [2.45, 2.75) is 25.9 Å². The maximum absolute atomic E-state index is 10.2. The number of aliphatic hydroxyl groups is 1. The van der Waals surface area contributed by atoms with E-state index in [1.807, 2.05) is 43.3 Å². The van der Waals surface area contributed by atoms with E-state index in [0.29, 0.717) is 13.0 Å². The molecule has 0 amide bonds. The highest BCUT2D eigenvalue weighted by atomic mass is 35.5. The van der Waals surface area contributed by atoms with Crippen LogP contribution in [0.25, 0.3) is 0 Å². The van der Waals surface area contributed by atoms with Crippen LogP contribution >= 0.6 is 22.9 Å². The molecule has 0 aliphatic heterocycles. The predicted octanol–water partition coefficient (Wildman–Crippen LogP) is 3.62. The zero-order chi connectivity index (χ0) is 17.2. The van der Waals surface area contributed by atoms with Crippen molar-refractivity contribution in [2.24, 2.45) is 4.99 Å². The van der Waals surface area contributed by atoms with Crippen molar-refractivity contribution < 1.29 is 5.11 Å². The largest absolute Gasteiger partial charge is 0.388 e. The first-order valence-corrected chi connectivity index (χ1v) is 9.38. The third kappa shape index (κ3) is 6.51. The summed E-state index contributed by atoms with van der Waals surface area (Å²) < 4.78 is 0.820. The van der Waals surface area contributed by atoms with E-state index in [2.05, 4.69) is 21.7 Å². The van der Waals surface area contributed by atoms with Gasteiger partial charge in [0.15, 0.2) is 5.96 Å². The first kappa shape index (κ1) is 18.8. The maximum atomic E-state index is 10.2. The van der Waals surface area contributed by atoms with Crippen molar-refractivity contribution in [3.63, 3.8) is 0 Å². The Morgan fingerprint density at radius 2 is 2.00 bits per heavy atom. The molecule has 130 valence electrons. The molecule has 1 aromatic carbocycles. The summed E-state index contributed by atoms with van der Waals surface area (Å²) in [4.78, 5) is 5.78. The van der Waals surface area contributed by atoms with Crippen LogP contribution < -0.4 is 10.6 Å². The van der Waals surface area contributed by atoms with E-state index in [1.54, 1.807) is 11.3 Å². The average Bonchev–Trinajstić information content (AvgIpc) is 3.01. The molecule has 1 heterocycles. The number of hydrogen-bond donors (Lipinski definition) is 3. The van der Waals surface area contributed by atoms with E-state index in [1.165, 1.54) is 4.88 Å². The van der Waals surface area contributed by atoms with Gasteiger partial charge in [-0.3, -0.25) is 4.99 Å². The second-order valence-corrected chi connectivity index (χ2v) is 7.16. The van der Waals surface area contributed by atoms with Gasteiger partial charge in [-0.25, -0.2) is 0 Å². The molecule has 4 nitrogen and oxygen atoms in total. The lowest BCUT2D eigenvalue weighted by Gasteiger charge is -2.12. The SMILES string of the molecule is CCNC(=NCCC(O)c1ccccc1)NCCc1ccc(Cl)s1. The minimum atomic E-state index is -0.480. The molecule has 0 aliphatic carbocycles. The fraction of sp³-hybridized carbons (Fsp3) is 0.389. The van der Waals surface area contributed by atoms with E-state index in [-0.39, 0.29) is 0 Å². The smallest absolute Gasteiger partial charge is 0.191 e. The zero-order valence-electron chi connectivity index (χ0n) is 13.8. The van der Waals surface area contributed by atoms with Crippen LogP contribution in [-0.2, 0) is 6.42 Å². The van der Waals surface area contributed by atoms with Crippen LogP contribution in [0.15, 0.2) is 47.5 Å². The van der Waals surface area contributed by atoms with E-state index in [0.717, 1.165) is 35.4 Å². The van der Waals surface area contributed by atoms with Crippen molar-refractivity contribution in [3.05, 3.63) is 57.2 Å². The van der Waals surface area contributed by atoms with Gasteiger partial charge in [-0.05, 0) is 37.5 Å². The third-order valence-corrected chi connectivity index (χ3v) is 4.78. The van der Waals surface area contributed by atoms with Crippen LogP contribution in [0.3, 0.4) is 0 Å². The quantitative estimate of drug-likeness (QED) is 0.494. The average molecular weight is 366 g/mol. The topological polar surface area (TPSA) is 56.7 Å².